The van der Waals surface area contributed by atoms with Gasteiger partial charge in [-0.2, -0.15) is 5.10 Å². The van der Waals surface area contributed by atoms with Gasteiger partial charge in [0, 0.05) is 0 Å². The summed E-state index contributed by atoms with van der Waals surface area (Å²) < 4.78 is 16.2. The van der Waals surface area contributed by atoms with Crippen molar-refractivity contribution in [2.75, 3.05) is 32.7 Å². The average molecular weight is 371 g/mol. The van der Waals surface area contributed by atoms with Crippen LogP contribution in [0.3, 0.4) is 0 Å². The fourth-order valence-corrected chi connectivity index (χ4v) is 2.28. The third kappa shape index (κ3) is 6.22. The SMILES string of the molecule is CCCOc1ccc(/C=N\NC(=O)CNc2ccccc2OC)cc1OC. The van der Waals surface area contributed by atoms with Crippen molar-refractivity contribution in [3.8, 4) is 17.2 Å². The summed E-state index contributed by atoms with van der Waals surface area (Å²) >= 11 is 0. The number of rotatable bonds is 10. The Kier molecular flexibility index (Phi) is 7.96. The molecule has 7 nitrogen and oxygen atoms in total. The highest BCUT2D eigenvalue weighted by Crippen LogP contribution is 2.27. The largest absolute Gasteiger partial charge is 0.495 e. The number of ether oxygens (including phenoxy) is 3. The number of methoxy groups -OCH3 is 2. The van der Waals surface area contributed by atoms with Crippen molar-refractivity contribution >= 4 is 17.8 Å². The number of benzene rings is 2. The van der Waals surface area contributed by atoms with Crippen molar-refractivity contribution in [2.45, 2.75) is 13.3 Å². The first-order valence-electron chi connectivity index (χ1n) is 8.67. The molecule has 1 amide bonds. The zero-order valence-corrected chi connectivity index (χ0v) is 15.8. The molecule has 0 fully saturated rings. The predicted octanol–water partition coefficient (Wildman–Crippen LogP) is 3.05. The normalized spacial score (nSPS) is 10.5. The molecule has 0 aliphatic carbocycles. The van der Waals surface area contributed by atoms with E-state index in [0.29, 0.717) is 23.9 Å². The Morgan fingerprint density at radius 1 is 1.07 bits per heavy atom. The Bertz CT molecular complexity index is 778. The number of amides is 1. The summed E-state index contributed by atoms with van der Waals surface area (Å²) in [6, 6.07) is 12.8. The fourth-order valence-electron chi connectivity index (χ4n) is 2.28. The van der Waals surface area contributed by atoms with Gasteiger partial charge in [-0.3, -0.25) is 4.79 Å². The third-order valence-electron chi connectivity index (χ3n) is 3.60. The molecule has 2 aromatic carbocycles. The molecule has 0 heterocycles. The van der Waals surface area contributed by atoms with Gasteiger partial charge in [0.1, 0.15) is 5.75 Å². The number of nitrogens with one attached hydrogen (secondary N) is 2. The molecule has 0 aliphatic heterocycles. The van der Waals surface area contributed by atoms with Gasteiger partial charge >= 0.3 is 0 Å². The monoisotopic (exact) mass is 371 g/mol. The van der Waals surface area contributed by atoms with E-state index in [-0.39, 0.29) is 12.5 Å². The van der Waals surface area contributed by atoms with E-state index in [0.717, 1.165) is 17.7 Å². The van der Waals surface area contributed by atoms with Crippen LogP contribution in [0, 0.1) is 0 Å². The summed E-state index contributed by atoms with van der Waals surface area (Å²) in [6.45, 7) is 2.74. The maximum Gasteiger partial charge on any atom is 0.259 e. The Morgan fingerprint density at radius 3 is 2.59 bits per heavy atom. The summed E-state index contributed by atoms with van der Waals surface area (Å²) in [5.41, 5.74) is 4.01. The fraction of sp³-hybridized carbons (Fsp3) is 0.300. The van der Waals surface area contributed by atoms with Gasteiger partial charge in [0.05, 0.1) is 39.3 Å². The van der Waals surface area contributed by atoms with Crippen LogP contribution in [0.2, 0.25) is 0 Å². The highest BCUT2D eigenvalue weighted by Gasteiger charge is 2.06. The molecule has 0 bridgehead atoms. The number of hydrogen-bond acceptors (Lipinski definition) is 6. The zero-order chi connectivity index (χ0) is 19.5. The van der Waals surface area contributed by atoms with Gasteiger partial charge < -0.3 is 19.5 Å². The Labute approximate surface area is 159 Å². The maximum absolute atomic E-state index is 11.9. The molecule has 2 rings (SSSR count). The number of carbonyl (C=O) groups excluding carboxylic acids is 1. The van der Waals surface area contributed by atoms with Crippen molar-refractivity contribution in [2.24, 2.45) is 5.10 Å². The number of carbonyl (C=O) groups is 1. The van der Waals surface area contributed by atoms with Gasteiger partial charge in [0.2, 0.25) is 0 Å². The second kappa shape index (κ2) is 10.7. The third-order valence-corrected chi connectivity index (χ3v) is 3.60. The second-order valence-electron chi connectivity index (χ2n) is 5.61. The van der Waals surface area contributed by atoms with E-state index in [1.165, 1.54) is 0 Å². The molecule has 0 unspecified atom stereocenters. The molecule has 144 valence electrons. The quantitative estimate of drug-likeness (QED) is 0.496. The molecule has 0 aliphatic rings. The van der Waals surface area contributed by atoms with E-state index in [2.05, 4.69) is 15.8 Å². The van der Waals surface area contributed by atoms with Crippen molar-refractivity contribution in [1.29, 1.82) is 0 Å². The van der Waals surface area contributed by atoms with Gasteiger partial charge in [-0.15, -0.1) is 0 Å². The van der Waals surface area contributed by atoms with Gasteiger partial charge in [-0.05, 0) is 42.3 Å². The smallest absolute Gasteiger partial charge is 0.259 e. The summed E-state index contributed by atoms with van der Waals surface area (Å²) in [5.74, 6) is 1.71. The van der Waals surface area contributed by atoms with Gasteiger partial charge in [-0.1, -0.05) is 19.1 Å². The lowest BCUT2D eigenvalue weighted by atomic mass is 10.2. The lowest BCUT2D eigenvalue weighted by molar-refractivity contribution is -0.119. The molecule has 0 saturated heterocycles. The number of anilines is 1. The molecule has 0 saturated carbocycles. The van der Waals surface area contributed by atoms with Crippen LogP contribution in [0.1, 0.15) is 18.9 Å². The zero-order valence-electron chi connectivity index (χ0n) is 15.8. The Hall–Kier alpha value is -3.22. The Balaban J connectivity index is 1.88. The van der Waals surface area contributed by atoms with Crippen molar-refractivity contribution in [3.63, 3.8) is 0 Å². The highest BCUT2D eigenvalue weighted by molar-refractivity contribution is 5.85. The molecule has 7 heteroatoms. The molecule has 2 N–H and O–H groups in total. The van der Waals surface area contributed by atoms with Crippen molar-refractivity contribution in [3.05, 3.63) is 48.0 Å². The standard InChI is InChI=1S/C20H25N3O4/c1-4-11-27-18-10-9-15(12-19(18)26-3)13-22-23-20(24)14-21-16-7-5-6-8-17(16)25-2/h5-10,12-13,21H,4,11,14H2,1-3H3,(H,23,24)/b22-13-. The first kappa shape index (κ1) is 20.1. The summed E-state index contributed by atoms with van der Waals surface area (Å²) in [6.07, 6.45) is 2.47. The molecule has 0 aromatic heterocycles. The van der Waals surface area contributed by atoms with Gasteiger partial charge in [0.25, 0.3) is 5.91 Å². The van der Waals surface area contributed by atoms with Crippen LogP contribution in [0.15, 0.2) is 47.6 Å². The molecule has 0 radical (unpaired) electrons. The summed E-state index contributed by atoms with van der Waals surface area (Å²) in [7, 11) is 3.16. The van der Waals surface area contributed by atoms with E-state index < -0.39 is 0 Å². The van der Waals surface area contributed by atoms with Crippen LogP contribution in [0.25, 0.3) is 0 Å². The van der Waals surface area contributed by atoms with E-state index in [1.54, 1.807) is 26.5 Å². The minimum Gasteiger partial charge on any atom is -0.495 e. The molecule has 2 aromatic rings. The number of nitrogens with zero attached hydrogens (tertiary/aromatic N) is 1. The predicted molar refractivity (Wildman–Crippen MR) is 106 cm³/mol. The van der Waals surface area contributed by atoms with Crippen LogP contribution >= 0.6 is 0 Å². The minimum atomic E-state index is -0.271. The lowest BCUT2D eigenvalue weighted by Crippen LogP contribution is -2.26. The highest BCUT2D eigenvalue weighted by atomic mass is 16.5. The molecular weight excluding hydrogens is 346 g/mol. The van der Waals surface area contributed by atoms with E-state index in [9.17, 15) is 4.79 Å². The molecule has 0 spiro atoms. The number of hydrazone groups is 1. The summed E-state index contributed by atoms with van der Waals surface area (Å²) in [5, 5.41) is 6.98. The lowest BCUT2D eigenvalue weighted by Gasteiger charge is -2.10. The van der Waals surface area contributed by atoms with Crippen molar-refractivity contribution in [1.82, 2.24) is 5.43 Å². The van der Waals surface area contributed by atoms with Crippen LogP contribution < -0.4 is 25.0 Å². The molecular formula is C20H25N3O4. The first-order chi connectivity index (χ1) is 13.2. The van der Waals surface area contributed by atoms with Crippen LogP contribution in [0.4, 0.5) is 5.69 Å². The van der Waals surface area contributed by atoms with Gasteiger partial charge in [-0.25, -0.2) is 5.43 Å². The Morgan fingerprint density at radius 2 is 1.85 bits per heavy atom. The number of hydrogen-bond donors (Lipinski definition) is 2. The maximum atomic E-state index is 11.9. The topological polar surface area (TPSA) is 81.2 Å². The number of para-hydroxylation sites is 2. The van der Waals surface area contributed by atoms with Crippen LogP contribution in [-0.2, 0) is 4.79 Å². The van der Waals surface area contributed by atoms with E-state index in [4.69, 9.17) is 14.2 Å². The summed E-state index contributed by atoms with van der Waals surface area (Å²) in [4.78, 5) is 11.9. The minimum absolute atomic E-state index is 0.0742. The van der Waals surface area contributed by atoms with E-state index >= 15 is 0 Å². The molecule has 0 atom stereocenters. The van der Waals surface area contributed by atoms with E-state index in [1.807, 2.05) is 43.3 Å². The second-order valence-corrected chi connectivity index (χ2v) is 5.61. The van der Waals surface area contributed by atoms with Crippen LogP contribution in [0.5, 0.6) is 17.2 Å². The molecule has 27 heavy (non-hydrogen) atoms. The van der Waals surface area contributed by atoms with Gasteiger partial charge in [0.15, 0.2) is 11.5 Å². The van der Waals surface area contributed by atoms with Crippen molar-refractivity contribution < 1.29 is 19.0 Å². The van der Waals surface area contributed by atoms with Crippen LogP contribution in [-0.4, -0.2) is 39.5 Å². The first-order valence-corrected chi connectivity index (χ1v) is 8.67. The average Bonchev–Trinajstić information content (AvgIpc) is 2.71.